The highest BCUT2D eigenvalue weighted by molar-refractivity contribution is 5.98. The molecule has 2 heterocycles. The minimum atomic E-state index is -1.09. The quantitative estimate of drug-likeness (QED) is 0.883. The zero-order valence-corrected chi connectivity index (χ0v) is 14.9. The number of aryl methyl sites for hydroxylation is 1. The van der Waals surface area contributed by atoms with Crippen LogP contribution in [0.3, 0.4) is 0 Å². The second-order valence-electron chi connectivity index (χ2n) is 6.63. The number of nitrogens with zero attached hydrogens (tertiary/aromatic N) is 2. The van der Waals surface area contributed by atoms with Crippen molar-refractivity contribution in [1.82, 2.24) is 9.88 Å². The van der Waals surface area contributed by atoms with Gasteiger partial charge in [0.2, 0.25) is 0 Å². The molecule has 0 saturated carbocycles. The molecule has 1 saturated heterocycles. The smallest absolute Gasteiger partial charge is 0.313 e. The molecule has 1 unspecified atom stereocenters. The summed E-state index contributed by atoms with van der Waals surface area (Å²) in [6.07, 6.45) is 1.07. The first kappa shape index (κ1) is 18.1. The number of aromatic nitrogens is 1. The van der Waals surface area contributed by atoms with Crippen LogP contribution in [0.25, 0.3) is 11.3 Å². The lowest BCUT2D eigenvalue weighted by molar-refractivity contribution is -0.155. The molecule has 1 aliphatic heterocycles. The number of carbonyl (C=O) groups is 2. The van der Waals surface area contributed by atoms with Crippen molar-refractivity contribution >= 4 is 11.9 Å². The van der Waals surface area contributed by atoms with Crippen LogP contribution in [-0.4, -0.2) is 53.7 Å². The molecule has 7 heteroatoms. The highest BCUT2D eigenvalue weighted by Crippen LogP contribution is 2.33. The number of hydrogen-bond donors (Lipinski definition) is 1. The Labute approximate surface area is 151 Å². The Morgan fingerprint density at radius 3 is 2.73 bits per heavy atom. The topological polar surface area (TPSA) is 92.9 Å². The molecule has 0 aliphatic carbocycles. The summed E-state index contributed by atoms with van der Waals surface area (Å²) in [5.74, 6) is -0.462. The van der Waals surface area contributed by atoms with Crippen molar-refractivity contribution in [3.8, 4) is 11.3 Å². The Kier molecular flexibility index (Phi) is 5.08. The third kappa shape index (κ3) is 3.35. The van der Waals surface area contributed by atoms with Gasteiger partial charge in [-0.2, -0.15) is 0 Å². The number of oxazole rings is 1. The number of benzene rings is 1. The average molecular weight is 358 g/mol. The van der Waals surface area contributed by atoms with E-state index in [4.69, 9.17) is 9.15 Å². The minimum Gasteiger partial charge on any atom is -0.481 e. The molecule has 2 aromatic rings. The fraction of sp³-hybridized carbons (Fsp3) is 0.421. The molecule has 3 rings (SSSR count). The third-order valence-electron chi connectivity index (χ3n) is 4.71. The van der Waals surface area contributed by atoms with Crippen LogP contribution in [0.1, 0.15) is 29.2 Å². The van der Waals surface area contributed by atoms with Crippen molar-refractivity contribution in [2.45, 2.75) is 19.8 Å². The van der Waals surface area contributed by atoms with Gasteiger partial charge >= 0.3 is 5.97 Å². The van der Waals surface area contributed by atoms with Crippen molar-refractivity contribution < 1.29 is 23.8 Å². The van der Waals surface area contributed by atoms with Crippen molar-refractivity contribution in [2.75, 3.05) is 26.8 Å². The second-order valence-corrected chi connectivity index (χ2v) is 6.63. The van der Waals surface area contributed by atoms with Crippen LogP contribution in [0.5, 0.6) is 0 Å². The van der Waals surface area contributed by atoms with Gasteiger partial charge in [-0.3, -0.25) is 9.59 Å². The number of carboxylic acids is 1. The van der Waals surface area contributed by atoms with E-state index >= 15 is 0 Å². The van der Waals surface area contributed by atoms with Crippen molar-refractivity contribution in [2.24, 2.45) is 5.41 Å². The lowest BCUT2D eigenvalue weighted by Gasteiger charge is -2.39. The maximum atomic E-state index is 13.1. The molecule has 1 amide bonds. The first-order chi connectivity index (χ1) is 12.5. The summed E-state index contributed by atoms with van der Waals surface area (Å²) in [5, 5.41) is 9.67. The number of carbonyl (C=O) groups excluding carboxylic acids is 1. The number of hydrogen-bond acceptors (Lipinski definition) is 5. The van der Waals surface area contributed by atoms with Gasteiger partial charge in [0.15, 0.2) is 17.3 Å². The Balaban J connectivity index is 1.91. The van der Waals surface area contributed by atoms with Crippen LogP contribution in [-0.2, 0) is 9.53 Å². The molecule has 1 N–H and O–H groups in total. The summed E-state index contributed by atoms with van der Waals surface area (Å²) < 4.78 is 10.8. The molecule has 1 atom stereocenters. The Hall–Kier alpha value is -2.67. The number of aliphatic carboxylic acids is 1. The number of ether oxygens (including phenoxy) is 1. The standard InChI is InChI=1S/C19H22N2O5/c1-13-20-15(16(26-13)14-7-4-3-5-8-14)17(22)21-10-6-9-19(11-21,12-25-2)18(23)24/h3-5,7-8H,6,9-12H2,1-2H3,(H,23,24). The van der Waals surface area contributed by atoms with Gasteiger partial charge in [-0.05, 0) is 12.8 Å². The van der Waals surface area contributed by atoms with E-state index in [9.17, 15) is 14.7 Å². The van der Waals surface area contributed by atoms with Crippen molar-refractivity contribution in [3.05, 3.63) is 41.9 Å². The maximum absolute atomic E-state index is 13.1. The molecule has 7 nitrogen and oxygen atoms in total. The average Bonchev–Trinajstić information content (AvgIpc) is 3.04. The van der Waals surface area contributed by atoms with Gasteiger partial charge < -0.3 is 19.2 Å². The predicted octanol–water partition coefficient (Wildman–Crippen LogP) is 2.60. The van der Waals surface area contributed by atoms with E-state index in [0.29, 0.717) is 31.0 Å². The fourth-order valence-corrected chi connectivity index (χ4v) is 3.44. The van der Waals surface area contributed by atoms with Gasteiger partial charge in [-0.15, -0.1) is 0 Å². The molecule has 26 heavy (non-hydrogen) atoms. The molecule has 1 aliphatic rings. The molecule has 0 spiro atoms. The SMILES string of the molecule is COCC1(C(=O)O)CCCN(C(=O)c2nc(C)oc2-c2ccccc2)C1. The highest BCUT2D eigenvalue weighted by Gasteiger charge is 2.44. The van der Waals surface area contributed by atoms with Crippen LogP contribution < -0.4 is 0 Å². The third-order valence-corrected chi connectivity index (χ3v) is 4.71. The van der Waals surface area contributed by atoms with E-state index in [1.165, 1.54) is 7.11 Å². The van der Waals surface area contributed by atoms with Crippen LogP contribution >= 0.6 is 0 Å². The summed E-state index contributed by atoms with van der Waals surface area (Å²) >= 11 is 0. The lowest BCUT2D eigenvalue weighted by atomic mass is 9.80. The summed E-state index contributed by atoms with van der Waals surface area (Å²) in [4.78, 5) is 30.7. The lowest BCUT2D eigenvalue weighted by Crippen LogP contribution is -2.52. The van der Waals surface area contributed by atoms with Gasteiger partial charge in [0.1, 0.15) is 5.41 Å². The van der Waals surface area contributed by atoms with Crippen molar-refractivity contribution in [3.63, 3.8) is 0 Å². The summed E-state index contributed by atoms with van der Waals surface area (Å²) in [6, 6.07) is 9.29. The van der Waals surface area contributed by atoms with Crippen LogP contribution in [0.2, 0.25) is 0 Å². The number of amides is 1. The summed E-state index contributed by atoms with van der Waals surface area (Å²) in [5.41, 5.74) is -0.115. The second kappa shape index (κ2) is 7.29. The molecular weight excluding hydrogens is 336 g/mol. The van der Waals surface area contributed by atoms with E-state index in [1.54, 1.807) is 11.8 Å². The van der Waals surface area contributed by atoms with E-state index < -0.39 is 11.4 Å². The molecule has 1 aromatic carbocycles. The van der Waals surface area contributed by atoms with Gasteiger partial charge in [0.05, 0.1) is 6.61 Å². The minimum absolute atomic E-state index is 0.0650. The first-order valence-electron chi connectivity index (χ1n) is 8.51. The van der Waals surface area contributed by atoms with Gasteiger partial charge in [0.25, 0.3) is 5.91 Å². The first-order valence-corrected chi connectivity index (χ1v) is 8.51. The van der Waals surface area contributed by atoms with Crippen LogP contribution in [0.4, 0.5) is 0 Å². The largest absolute Gasteiger partial charge is 0.481 e. The van der Waals surface area contributed by atoms with Crippen LogP contribution in [0, 0.1) is 12.3 Å². The Morgan fingerprint density at radius 1 is 1.35 bits per heavy atom. The molecule has 1 fully saturated rings. The maximum Gasteiger partial charge on any atom is 0.313 e. The van der Waals surface area contributed by atoms with E-state index in [1.807, 2.05) is 30.3 Å². The number of likely N-dealkylation sites (tertiary alicyclic amines) is 1. The Bertz CT molecular complexity index is 798. The number of carboxylic acid groups (broad SMARTS) is 1. The molecule has 0 radical (unpaired) electrons. The number of piperidine rings is 1. The normalized spacial score (nSPS) is 20.2. The molecule has 138 valence electrons. The zero-order chi connectivity index (χ0) is 18.7. The number of rotatable bonds is 5. The summed E-state index contributed by atoms with van der Waals surface area (Å²) in [6.45, 7) is 2.33. The predicted molar refractivity (Wildman–Crippen MR) is 93.8 cm³/mol. The fourth-order valence-electron chi connectivity index (χ4n) is 3.44. The van der Waals surface area contributed by atoms with Gasteiger partial charge in [-0.25, -0.2) is 4.98 Å². The molecule has 0 bridgehead atoms. The Morgan fingerprint density at radius 2 is 2.08 bits per heavy atom. The van der Waals surface area contributed by atoms with Crippen molar-refractivity contribution in [1.29, 1.82) is 0 Å². The van der Waals surface area contributed by atoms with Crippen LogP contribution in [0.15, 0.2) is 34.7 Å². The van der Waals surface area contributed by atoms with Gasteiger partial charge in [-0.1, -0.05) is 30.3 Å². The monoisotopic (exact) mass is 358 g/mol. The molecule has 1 aromatic heterocycles. The molecular formula is C19H22N2O5. The van der Waals surface area contributed by atoms with E-state index in [2.05, 4.69) is 4.98 Å². The number of methoxy groups -OCH3 is 1. The summed E-state index contributed by atoms with van der Waals surface area (Å²) in [7, 11) is 1.47. The van der Waals surface area contributed by atoms with E-state index in [0.717, 1.165) is 5.56 Å². The highest BCUT2D eigenvalue weighted by atomic mass is 16.5. The van der Waals surface area contributed by atoms with Gasteiger partial charge in [0, 0.05) is 32.7 Å². The zero-order valence-electron chi connectivity index (χ0n) is 14.9. The van der Waals surface area contributed by atoms with E-state index in [-0.39, 0.29) is 24.8 Å².